The normalized spacial score (nSPS) is 10.7. The van der Waals surface area contributed by atoms with Gasteiger partial charge in [0.1, 0.15) is 0 Å². The number of amides is 1. The van der Waals surface area contributed by atoms with E-state index in [4.69, 9.17) is 11.6 Å². The second-order valence-electron chi connectivity index (χ2n) is 7.07. The van der Waals surface area contributed by atoms with Crippen LogP contribution in [-0.2, 0) is 13.1 Å². The Labute approximate surface area is 170 Å². The van der Waals surface area contributed by atoms with Gasteiger partial charge >= 0.3 is 0 Å². The molecule has 0 aliphatic heterocycles. The summed E-state index contributed by atoms with van der Waals surface area (Å²) in [6, 6.07) is 16.6. The van der Waals surface area contributed by atoms with Gasteiger partial charge in [-0.15, -0.1) is 0 Å². The zero-order valence-electron chi connectivity index (χ0n) is 16.3. The first-order valence-electron chi connectivity index (χ1n) is 9.10. The van der Waals surface area contributed by atoms with E-state index < -0.39 is 0 Å². The van der Waals surface area contributed by atoms with Crippen LogP contribution in [0, 0.1) is 13.8 Å². The molecule has 0 unspecified atom stereocenters. The molecule has 1 aromatic heterocycles. The molecule has 5 heteroatoms. The van der Waals surface area contributed by atoms with Gasteiger partial charge in [0, 0.05) is 30.9 Å². The van der Waals surface area contributed by atoms with Crippen molar-refractivity contribution in [2.75, 3.05) is 7.05 Å². The van der Waals surface area contributed by atoms with Gasteiger partial charge in [-0.25, -0.2) is 0 Å². The summed E-state index contributed by atoms with van der Waals surface area (Å²) in [5.41, 5.74) is 4.59. The zero-order valence-corrected chi connectivity index (χ0v) is 17.0. The van der Waals surface area contributed by atoms with Gasteiger partial charge in [0.15, 0.2) is 0 Å². The third-order valence-electron chi connectivity index (χ3n) is 4.78. The van der Waals surface area contributed by atoms with E-state index in [1.807, 2.05) is 44.2 Å². The highest BCUT2D eigenvalue weighted by Gasteiger charge is 2.15. The fourth-order valence-corrected chi connectivity index (χ4v) is 3.36. The van der Waals surface area contributed by atoms with Crippen LogP contribution < -0.4 is 5.56 Å². The average molecular weight is 395 g/mol. The number of carbonyl (C=O) groups excluding carboxylic acids is 1. The minimum atomic E-state index is -0.173. The molecular formula is C23H23ClN2O2. The zero-order chi connectivity index (χ0) is 20.3. The van der Waals surface area contributed by atoms with Crippen molar-refractivity contribution >= 4 is 17.5 Å². The van der Waals surface area contributed by atoms with E-state index >= 15 is 0 Å². The highest BCUT2D eigenvalue weighted by molar-refractivity contribution is 6.31. The van der Waals surface area contributed by atoms with Crippen LogP contribution in [0.25, 0.3) is 0 Å². The highest BCUT2D eigenvalue weighted by Crippen LogP contribution is 2.17. The Hall–Kier alpha value is -2.85. The summed E-state index contributed by atoms with van der Waals surface area (Å²) in [7, 11) is 1.77. The smallest absolute Gasteiger partial charge is 0.255 e. The van der Waals surface area contributed by atoms with Gasteiger partial charge in [-0.05, 0) is 42.7 Å². The van der Waals surface area contributed by atoms with Gasteiger partial charge < -0.3 is 9.47 Å². The van der Waals surface area contributed by atoms with Crippen LogP contribution in [0.4, 0.5) is 0 Å². The molecule has 3 aromatic rings. The van der Waals surface area contributed by atoms with E-state index in [-0.39, 0.29) is 11.5 Å². The number of rotatable bonds is 5. The summed E-state index contributed by atoms with van der Waals surface area (Å²) in [5.74, 6) is -0.132. The van der Waals surface area contributed by atoms with Gasteiger partial charge in [0.25, 0.3) is 11.5 Å². The molecule has 0 atom stereocenters. The van der Waals surface area contributed by atoms with Crippen molar-refractivity contribution in [3.8, 4) is 0 Å². The molecule has 0 saturated heterocycles. The first kappa shape index (κ1) is 19.9. The molecule has 4 nitrogen and oxygen atoms in total. The number of hydrogen-bond acceptors (Lipinski definition) is 2. The van der Waals surface area contributed by atoms with Crippen LogP contribution in [0.1, 0.15) is 32.6 Å². The SMILES string of the molecule is Cc1ccc(CN(C)C(=O)c2ccc(=O)n(Cc3ccccc3Cl)c2)c(C)c1. The fraction of sp³-hybridized carbons (Fsp3) is 0.217. The molecule has 144 valence electrons. The Bertz CT molecular complexity index is 1070. The van der Waals surface area contributed by atoms with Crippen molar-refractivity contribution in [3.05, 3.63) is 104 Å². The molecule has 28 heavy (non-hydrogen) atoms. The summed E-state index contributed by atoms with van der Waals surface area (Å²) >= 11 is 6.20. The van der Waals surface area contributed by atoms with Crippen molar-refractivity contribution < 1.29 is 4.79 Å². The van der Waals surface area contributed by atoms with Crippen molar-refractivity contribution in [1.82, 2.24) is 9.47 Å². The van der Waals surface area contributed by atoms with Crippen LogP contribution in [0.5, 0.6) is 0 Å². The van der Waals surface area contributed by atoms with Crippen LogP contribution in [-0.4, -0.2) is 22.4 Å². The molecule has 0 spiro atoms. The Morgan fingerprint density at radius 1 is 1.04 bits per heavy atom. The second kappa shape index (κ2) is 8.44. The van der Waals surface area contributed by atoms with Crippen molar-refractivity contribution in [3.63, 3.8) is 0 Å². The number of nitrogens with zero attached hydrogens (tertiary/aromatic N) is 2. The largest absolute Gasteiger partial charge is 0.337 e. The lowest BCUT2D eigenvalue weighted by Crippen LogP contribution is -2.29. The van der Waals surface area contributed by atoms with Crippen molar-refractivity contribution in [2.24, 2.45) is 0 Å². The quantitative estimate of drug-likeness (QED) is 0.642. The molecule has 0 bridgehead atoms. The van der Waals surface area contributed by atoms with Gasteiger partial charge in [0.05, 0.1) is 12.1 Å². The van der Waals surface area contributed by atoms with Crippen LogP contribution in [0.2, 0.25) is 5.02 Å². The monoisotopic (exact) mass is 394 g/mol. The molecule has 0 saturated carbocycles. The van der Waals surface area contributed by atoms with Gasteiger partial charge in [0.2, 0.25) is 0 Å². The predicted molar refractivity (Wildman–Crippen MR) is 113 cm³/mol. The van der Waals surface area contributed by atoms with Crippen molar-refractivity contribution in [1.29, 1.82) is 0 Å². The molecule has 2 aromatic carbocycles. The number of halogens is 1. The standard InChI is InChI=1S/C23H23ClN2O2/c1-16-8-9-18(17(2)12-16)13-25(3)23(28)20-10-11-22(27)26(15-20)14-19-6-4-5-7-21(19)24/h4-12,15H,13-14H2,1-3H3. The van der Waals surface area contributed by atoms with Crippen molar-refractivity contribution in [2.45, 2.75) is 26.9 Å². The van der Waals surface area contributed by atoms with E-state index in [0.717, 1.165) is 16.7 Å². The number of aryl methyl sites for hydroxylation is 2. The van der Waals surface area contributed by atoms with Crippen LogP contribution in [0.15, 0.2) is 65.6 Å². The van der Waals surface area contributed by atoms with Gasteiger partial charge in [-0.1, -0.05) is 53.6 Å². The molecule has 1 amide bonds. The predicted octanol–water partition coefficient (Wildman–Crippen LogP) is 4.44. The van der Waals surface area contributed by atoms with Gasteiger partial charge in [-0.3, -0.25) is 9.59 Å². The lowest BCUT2D eigenvalue weighted by molar-refractivity contribution is 0.0784. The minimum Gasteiger partial charge on any atom is -0.337 e. The molecule has 0 aliphatic rings. The number of hydrogen-bond donors (Lipinski definition) is 0. The fourth-order valence-electron chi connectivity index (χ4n) is 3.16. The third kappa shape index (κ3) is 4.52. The van der Waals surface area contributed by atoms with Gasteiger partial charge in [-0.2, -0.15) is 0 Å². The molecule has 0 aliphatic carbocycles. The Kier molecular flexibility index (Phi) is 6.00. The number of carbonyl (C=O) groups is 1. The maximum absolute atomic E-state index is 12.9. The molecule has 0 fully saturated rings. The summed E-state index contributed by atoms with van der Waals surface area (Å²) in [6.07, 6.45) is 1.60. The molecule has 0 radical (unpaired) electrons. The Morgan fingerprint density at radius 3 is 2.50 bits per heavy atom. The minimum absolute atomic E-state index is 0.132. The van der Waals surface area contributed by atoms with E-state index in [0.29, 0.717) is 23.7 Å². The second-order valence-corrected chi connectivity index (χ2v) is 7.47. The van der Waals surface area contributed by atoms with E-state index in [1.165, 1.54) is 16.2 Å². The number of aromatic nitrogens is 1. The molecule has 1 heterocycles. The number of benzene rings is 2. The Morgan fingerprint density at radius 2 is 1.79 bits per heavy atom. The first-order chi connectivity index (χ1) is 13.3. The van der Waals surface area contributed by atoms with Crippen LogP contribution >= 0.6 is 11.6 Å². The molecule has 0 N–H and O–H groups in total. The summed E-state index contributed by atoms with van der Waals surface area (Å²) in [6.45, 7) is 4.92. The topological polar surface area (TPSA) is 42.3 Å². The first-order valence-corrected chi connectivity index (χ1v) is 9.48. The maximum Gasteiger partial charge on any atom is 0.255 e. The lowest BCUT2D eigenvalue weighted by atomic mass is 10.1. The number of pyridine rings is 1. The average Bonchev–Trinajstić information content (AvgIpc) is 2.67. The Balaban J connectivity index is 1.82. The lowest BCUT2D eigenvalue weighted by Gasteiger charge is -2.19. The van der Waals surface area contributed by atoms with Crippen LogP contribution in [0.3, 0.4) is 0 Å². The highest BCUT2D eigenvalue weighted by atomic mass is 35.5. The molecule has 3 rings (SSSR count). The third-order valence-corrected chi connectivity index (χ3v) is 5.15. The van der Waals surface area contributed by atoms with E-state index in [1.54, 1.807) is 30.3 Å². The summed E-state index contributed by atoms with van der Waals surface area (Å²) < 4.78 is 1.51. The summed E-state index contributed by atoms with van der Waals surface area (Å²) in [5, 5.41) is 0.595. The maximum atomic E-state index is 12.9. The summed E-state index contributed by atoms with van der Waals surface area (Å²) in [4.78, 5) is 26.8. The molecular weight excluding hydrogens is 372 g/mol. The van der Waals surface area contributed by atoms with E-state index in [9.17, 15) is 9.59 Å². The van der Waals surface area contributed by atoms with E-state index in [2.05, 4.69) is 6.07 Å².